The number of carbonyl (C=O) groups is 2. The fraction of sp³-hybridized carbons (Fsp3) is 0.280. The molecule has 1 atom stereocenters. The molecule has 2 amide bonds. The monoisotopic (exact) mass is 415 g/mol. The van der Waals surface area contributed by atoms with Crippen molar-refractivity contribution >= 4 is 34.0 Å². The number of methoxy groups -OCH3 is 1. The topological polar surface area (TPSA) is 53.1 Å². The van der Waals surface area contributed by atoms with Gasteiger partial charge in [-0.05, 0) is 23.6 Å². The van der Waals surface area contributed by atoms with Crippen molar-refractivity contribution in [3.05, 3.63) is 66.7 Å². The van der Waals surface area contributed by atoms with Crippen LogP contribution in [0.25, 0.3) is 10.8 Å². The lowest BCUT2D eigenvalue weighted by Gasteiger charge is -2.38. The summed E-state index contributed by atoms with van der Waals surface area (Å²) in [5.74, 6) is 0.597. The maximum absolute atomic E-state index is 13.3. The average Bonchev–Trinajstić information content (AvgIpc) is 3.12. The molecule has 2 aliphatic rings. The number of amides is 2. The first-order valence-corrected chi connectivity index (χ1v) is 10.6. The summed E-state index contributed by atoms with van der Waals surface area (Å²) in [7, 11) is 1.67. The second-order valence-corrected chi connectivity index (χ2v) is 8.01. The molecule has 158 valence electrons. The van der Waals surface area contributed by atoms with E-state index >= 15 is 0 Å². The van der Waals surface area contributed by atoms with E-state index in [0.717, 1.165) is 48.4 Å². The van der Waals surface area contributed by atoms with Crippen LogP contribution in [0.2, 0.25) is 0 Å². The van der Waals surface area contributed by atoms with Crippen LogP contribution in [0.5, 0.6) is 5.75 Å². The molecule has 31 heavy (non-hydrogen) atoms. The maximum atomic E-state index is 13.3. The third-order valence-electron chi connectivity index (χ3n) is 6.30. The third-order valence-corrected chi connectivity index (χ3v) is 6.30. The van der Waals surface area contributed by atoms with Crippen molar-refractivity contribution in [3.8, 4) is 5.75 Å². The number of anilines is 2. The SMILES string of the molecule is COc1cccc(N2CCN([C@H]3CC(=O)N(c4cccc5ccccc45)C3=O)CC2)c1. The summed E-state index contributed by atoms with van der Waals surface area (Å²) in [5, 5.41) is 1.95. The highest BCUT2D eigenvalue weighted by atomic mass is 16.5. The van der Waals surface area contributed by atoms with Gasteiger partial charge < -0.3 is 9.64 Å². The van der Waals surface area contributed by atoms with Crippen LogP contribution in [0.15, 0.2) is 66.7 Å². The predicted molar refractivity (Wildman–Crippen MR) is 122 cm³/mol. The van der Waals surface area contributed by atoms with E-state index in [2.05, 4.69) is 15.9 Å². The van der Waals surface area contributed by atoms with Gasteiger partial charge in [-0.15, -0.1) is 0 Å². The number of piperazine rings is 1. The number of carbonyl (C=O) groups excluding carboxylic acids is 2. The first-order chi connectivity index (χ1) is 15.2. The quantitative estimate of drug-likeness (QED) is 0.612. The average molecular weight is 415 g/mol. The van der Waals surface area contributed by atoms with Crippen molar-refractivity contribution in [3.63, 3.8) is 0 Å². The largest absolute Gasteiger partial charge is 0.497 e. The zero-order chi connectivity index (χ0) is 21.4. The molecule has 0 saturated carbocycles. The van der Waals surface area contributed by atoms with Crippen LogP contribution in [-0.2, 0) is 9.59 Å². The van der Waals surface area contributed by atoms with Gasteiger partial charge in [0.25, 0.3) is 5.91 Å². The molecule has 2 saturated heterocycles. The van der Waals surface area contributed by atoms with Crippen LogP contribution in [0.4, 0.5) is 11.4 Å². The number of ether oxygens (including phenoxy) is 1. The normalized spacial score (nSPS) is 20.0. The van der Waals surface area contributed by atoms with Crippen molar-refractivity contribution in [1.29, 1.82) is 0 Å². The van der Waals surface area contributed by atoms with Crippen molar-refractivity contribution in [2.45, 2.75) is 12.5 Å². The lowest BCUT2D eigenvalue weighted by atomic mass is 10.1. The van der Waals surface area contributed by atoms with E-state index in [4.69, 9.17) is 4.74 Å². The van der Waals surface area contributed by atoms with E-state index < -0.39 is 0 Å². The molecule has 0 unspecified atom stereocenters. The van der Waals surface area contributed by atoms with Crippen molar-refractivity contribution in [2.75, 3.05) is 43.1 Å². The Kier molecular flexibility index (Phi) is 5.08. The van der Waals surface area contributed by atoms with Gasteiger partial charge in [0.15, 0.2) is 0 Å². The van der Waals surface area contributed by atoms with Gasteiger partial charge in [-0.3, -0.25) is 14.5 Å². The van der Waals surface area contributed by atoms with Crippen molar-refractivity contribution in [1.82, 2.24) is 4.90 Å². The highest BCUT2D eigenvalue weighted by Gasteiger charge is 2.43. The lowest BCUT2D eigenvalue weighted by Crippen LogP contribution is -2.52. The summed E-state index contributed by atoms with van der Waals surface area (Å²) < 4.78 is 5.33. The molecule has 0 aromatic heterocycles. The minimum atomic E-state index is -0.390. The van der Waals surface area contributed by atoms with E-state index in [0.29, 0.717) is 5.69 Å². The Morgan fingerprint density at radius 3 is 2.42 bits per heavy atom. The summed E-state index contributed by atoms with van der Waals surface area (Å²) in [6.45, 7) is 3.09. The van der Waals surface area contributed by atoms with Gasteiger partial charge in [0.05, 0.1) is 25.3 Å². The molecule has 6 nitrogen and oxygen atoms in total. The molecule has 0 radical (unpaired) electrons. The van der Waals surface area contributed by atoms with Gasteiger partial charge in [0.1, 0.15) is 5.75 Å². The Bertz CT molecular complexity index is 1130. The van der Waals surface area contributed by atoms with Crippen LogP contribution in [0, 0.1) is 0 Å². The van der Waals surface area contributed by atoms with E-state index in [1.807, 2.05) is 60.7 Å². The van der Waals surface area contributed by atoms with E-state index in [-0.39, 0.29) is 24.3 Å². The molecule has 2 aliphatic heterocycles. The Morgan fingerprint density at radius 1 is 0.871 bits per heavy atom. The van der Waals surface area contributed by atoms with E-state index in [9.17, 15) is 9.59 Å². The number of nitrogens with zero attached hydrogens (tertiary/aromatic N) is 3. The fourth-order valence-corrected chi connectivity index (χ4v) is 4.66. The molecule has 5 rings (SSSR count). The van der Waals surface area contributed by atoms with Gasteiger partial charge in [-0.1, -0.05) is 42.5 Å². The number of benzene rings is 3. The minimum Gasteiger partial charge on any atom is -0.497 e. The second-order valence-electron chi connectivity index (χ2n) is 8.01. The molecular weight excluding hydrogens is 390 g/mol. The van der Waals surface area contributed by atoms with Crippen LogP contribution in [0.1, 0.15) is 6.42 Å². The first kappa shape index (κ1) is 19.6. The van der Waals surface area contributed by atoms with Crippen molar-refractivity contribution in [2.24, 2.45) is 0 Å². The lowest BCUT2D eigenvalue weighted by molar-refractivity contribution is -0.123. The highest BCUT2D eigenvalue weighted by molar-refractivity contribution is 6.25. The standard InChI is InChI=1S/C25H25N3O3/c1-31-20-9-5-8-19(16-20)26-12-14-27(15-13-26)23-17-24(29)28(25(23)30)22-11-4-7-18-6-2-3-10-21(18)22/h2-11,16,23H,12-15,17H2,1H3/t23-/m0/s1. The molecular formula is C25H25N3O3. The summed E-state index contributed by atoms with van der Waals surface area (Å²) >= 11 is 0. The molecule has 3 aromatic rings. The Labute approximate surface area is 181 Å². The number of hydrogen-bond acceptors (Lipinski definition) is 5. The van der Waals surface area contributed by atoms with Gasteiger partial charge >= 0.3 is 0 Å². The number of fused-ring (bicyclic) bond motifs is 1. The predicted octanol–water partition coefficient (Wildman–Crippen LogP) is 3.30. The maximum Gasteiger partial charge on any atom is 0.251 e. The van der Waals surface area contributed by atoms with Crippen LogP contribution >= 0.6 is 0 Å². The first-order valence-electron chi connectivity index (χ1n) is 10.6. The smallest absolute Gasteiger partial charge is 0.251 e. The van der Waals surface area contributed by atoms with Crippen LogP contribution in [-0.4, -0.2) is 56.0 Å². The van der Waals surface area contributed by atoms with Gasteiger partial charge in [0, 0.05) is 43.3 Å². The zero-order valence-corrected chi connectivity index (χ0v) is 17.5. The summed E-state index contributed by atoms with van der Waals surface area (Å²) in [6, 6.07) is 21.3. The molecule has 2 heterocycles. The summed E-state index contributed by atoms with van der Waals surface area (Å²) in [4.78, 5) is 32.1. The molecule has 6 heteroatoms. The Morgan fingerprint density at radius 2 is 1.61 bits per heavy atom. The Hall–Kier alpha value is -3.38. The van der Waals surface area contributed by atoms with Gasteiger partial charge in [-0.2, -0.15) is 0 Å². The molecule has 0 bridgehead atoms. The molecule has 2 fully saturated rings. The van der Waals surface area contributed by atoms with Gasteiger partial charge in [0.2, 0.25) is 5.91 Å². The number of hydrogen-bond donors (Lipinski definition) is 0. The molecule has 3 aromatic carbocycles. The molecule has 0 aliphatic carbocycles. The number of rotatable bonds is 4. The molecule has 0 N–H and O–H groups in total. The minimum absolute atomic E-state index is 0.115. The van der Waals surface area contributed by atoms with E-state index in [1.165, 1.54) is 4.90 Å². The summed E-state index contributed by atoms with van der Waals surface area (Å²) in [5.41, 5.74) is 1.80. The molecule has 0 spiro atoms. The van der Waals surface area contributed by atoms with E-state index in [1.54, 1.807) is 7.11 Å². The zero-order valence-electron chi connectivity index (χ0n) is 17.5. The Balaban J connectivity index is 1.32. The number of imide groups is 1. The van der Waals surface area contributed by atoms with Crippen LogP contribution in [0.3, 0.4) is 0 Å². The second kappa shape index (κ2) is 8.04. The van der Waals surface area contributed by atoms with Crippen LogP contribution < -0.4 is 14.5 Å². The summed E-state index contributed by atoms with van der Waals surface area (Å²) in [6.07, 6.45) is 0.237. The fourth-order valence-electron chi connectivity index (χ4n) is 4.66. The highest BCUT2D eigenvalue weighted by Crippen LogP contribution is 2.32. The van der Waals surface area contributed by atoms with Crippen molar-refractivity contribution < 1.29 is 14.3 Å². The van der Waals surface area contributed by atoms with Gasteiger partial charge in [-0.25, -0.2) is 4.90 Å². The third kappa shape index (κ3) is 3.53.